The van der Waals surface area contributed by atoms with Crippen LogP contribution in [0.1, 0.15) is 6.42 Å². The molecule has 184 valence electrons. The third-order valence-electron chi connectivity index (χ3n) is 5.08. The summed E-state index contributed by atoms with van der Waals surface area (Å²) in [7, 11) is 0. The van der Waals surface area contributed by atoms with Gasteiger partial charge >= 0.3 is 0 Å². The van der Waals surface area contributed by atoms with E-state index in [9.17, 15) is 0 Å². The molecule has 35 heavy (non-hydrogen) atoms. The smallest absolute Gasteiger partial charge is 0.0717 e. The summed E-state index contributed by atoms with van der Waals surface area (Å²) in [5.74, 6) is 1.13. The summed E-state index contributed by atoms with van der Waals surface area (Å²) in [5, 5.41) is 4.34. The zero-order valence-electron chi connectivity index (χ0n) is 19.3. The van der Waals surface area contributed by atoms with Crippen molar-refractivity contribution in [2.75, 3.05) is 24.5 Å². The van der Waals surface area contributed by atoms with Crippen LogP contribution in [0.15, 0.2) is 72.6 Å². The van der Waals surface area contributed by atoms with E-state index in [1.54, 1.807) is 0 Å². The first-order valence-electron chi connectivity index (χ1n) is 10.7. The van der Waals surface area contributed by atoms with Gasteiger partial charge in [-0.1, -0.05) is 59.2 Å². The van der Waals surface area contributed by atoms with E-state index in [4.69, 9.17) is 0 Å². The minimum Gasteiger partial charge on any atom is -0.339 e. The predicted molar refractivity (Wildman–Crippen MR) is 180 cm³/mol. The Morgan fingerprint density at radius 3 is 1.60 bits per heavy atom. The van der Waals surface area contributed by atoms with Gasteiger partial charge in [-0.3, -0.25) is 0 Å². The lowest BCUT2D eigenvalue weighted by Crippen LogP contribution is -2.02. The molecule has 0 fully saturated rings. The minimum absolute atomic E-state index is 1.04. The number of hydrogen-bond acceptors (Lipinski definition) is 10. The minimum atomic E-state index is 1.04. The zero-order valence-corrected chi connectivity index (χ0v) is 27.4. The van der Waals surface area contributed by atoms with Crippen LogP contribution in [0.4, 0.5) is 0 Å². The van der Waals surface area contributed by atoms with Crippen molar-refractivity contribution in [2.24, 2.45) is 0 Å². The number of thioether (sulfide) groups is 8. The molecule has 0 saturated heterocycles. The van der Waals surface area contributed by atoms with Gasteiger partial charge in [-0.05, 0) is 60.2 Å². The third kappa shape index (κ3) is 6.31. The first-order valence-corrected chi connectivity index (χ1v) is 20.4. The summed E-state index contributed by atoms with van der Waals surface area (Å²) in [6.07, 6.45) is 7.74. The molecule has 0 N–H and O–H groups in total. The van der Waals surface area contributed by atoms with Crippen LogP contribution in [-0.2, 0) is 6.54 Å². The molecule has 3 aromatic rings. The maximum Gasteiger partial charge on any atom is 0.0717 e. The van der Waals surface area contributed by atoms with Gasteiger partial charge in [-0.15, -0.1) is 69.7 Å². The average molecular weight is 646 g/mol. The van der Waals surface area contributed by atoms with Crippen LogP contribution in [-0.4, -0.2) is 29.1 Å². The van der Waals surface area contributed by atoms with E-state index in [1.807, 2.05) is 117 Å². The van der Waals surface area contributed by atoms with Gasteiger partial charge in [0.15, 0.2) is 0 Å². The molecule has 0 saturated carbocycles. The van der Waals surface area contributed by atoms with E-state index < -0.39 is 0 Å². The second-order valence-corrected chi connectivity index (χ2v) is 18.2. The Kier molecular flexibility index (Phi) is 10.3. The molecule has 3 aromatic heterocycles. The Hall–Kier alpha value is 0.700. The van der Waals surface area contributed by atoms with Crippen LogP contribution < -0.4 is 0 Å². The largest absolute Gasteiger partial charge is 0.339 e. The van der Waals surface area contributed by atoms with Crippen molar-refractivity contribution in [3.63, 3.8) is 0 Å². The number of hydrogen-bond donors (Lipinski definition) is 0. The number of thiophene rings is 2. The molecule has 0 aromatic carbocycles. The van der Waals surface area contributed by atoms with Crippen LogP contribution in [0.5, 0.6) is 0 Å². The highest BCUT2D eigenvalue weighted by Gasteiger charge is 2.29. The lowest BCUT2D eigenvalue weighted by molar-refractivity contribution is 0.702. The van der Waals surface area contributed by atoms with E-state index in [-0.39, 0.29) is 0 Å². The molecule has 5 heterocycles. The fourth-order valence-corrected chi connectivity index (χ4v) is 15.8. The molecule has 5 rings (SSSR count). The summed E-state index contributed by atoms with van der Waals surface area (Å²) in [6.45, 7) is 1.04. The number of rotatable bonds is 10. The van der Waals surface area contributed by atoms with Crippen molar-refractivity contribution in [3.05, 3.63) is 72.6 Å². The van der Waals surface area contributed by atoms with E-state index in [0.717, 1.165) is 18.7 Å². The summed E-state index contributed by atoms with van der Waals surface area (Å²) in [5.41, 5.74) is 2.68. The summed E-state index contributed by atoms with van der Waals surface area (Å²) < 4.78 is 11.3. The predicted octanol–water partition coefficient (Wildman–Crippen LogP) is 11.5. The molecule has 0 spiro atoms. The van der Waals surface area contributed by atoms with Crippen molar-refractivity contribution in [3.8, 4) is 21.1 Å². The molecule has 11 heteroatoms. The quantitative estimate of drug-likeness (QED) is 0.198. The van der Waals surface area contributed by atoms with Crippen molar-refractivity contribution < 1.29 is 0 Å². The van der Waals surface area contributed by atoms with Gasteiger partial charge in [0.05, 0.1) is 46.6 Å². The molecular weight excluding hydrogens is 623 g/mol. The first kappa shape index (κ1) is 27.3. The molecule has 0 amide bonds. The fraction of sp³-hybridized carbons (Fsp3) is 0.250. The van der Waals surface area contributed by atoms with Crippen LogP contribution in [0.25, 0.3) is 21.1 Å². The Morgan fingerprint density at radius 1 is 0.657 bits per heavy atom. The van der Waals surface area contributed by atoms with Gasteiger partial charge in [-0.2, -0.15) is 0 Å². The van der Waals surface area contributed by atoms with Crippen LogP contribution in [0.2, 0.25) is 0 Å². The van der Waals surface area contributed by atoms with E-state index in [1.165, 1.54) is 46.6 Å². The lowest BCUT2D eigenvalue weighted by atomic mass is 10.3. The third-order valence-corrected chi connectivity index (χ3v) is 18.1. The van der Waals surface area contributed by atoms with Crippen LogP contribution >= 0.6 is 117 Å². The van der Waals surface area contributed by atoms with Crippen molar-refractivity contribution >= 4 is 117 Å². The second-order valence-electron chi connectivity index (χ2n) is 7.16. The molecule has 0 unspecified atom stereocenters. The molecule has 0 radical (unpaired) electrons. The lowest BCUT2D eigenvalue weighted by Gasteiger charge is -2.12. The van der Waals surface area contributed by atoms with Crippen LogP contribution in [0, 0.1) is 0 Å². The standard InChI is InChI=1S/C24H23NS10/c1-26-19-20(27-2)33-23(32-19)24-34-21(28-3)22(35-24)31-14-6-11-25-15(17-7-4-12-29-17)9-10-16(25)18-8-5-13-30-18/h4-5,7-10,12-13H,6,11,14H2,1-3H3. The maximum atomic E-state index is 2.53. The fourth-order valence-electron chi connectivity index (χ4n) is 3.55. The Labute approximate surface area is 250 Å². The van der Waals surface area contributed by atoms with Gasteiger partial charge in [0.2, 0.25) is 0 Å². The second kappa shape index (κ2) is 13.2. The topological polar surface area (TPSA) is 4.93 Å². The van der Waals surface area contributed by atoms with Crippen molar-refractivity contribution in [1.82, 2.24) is 4.57 Å². The number of aromatic nitrogens is 1. The van der Waals surface area contributed by atoms with Gasteiger partial charge in [0.25, 0.3) is 0 Å². The molecular formula is C24H23NS10. The highest BCUT2D eigenvalue weighted by atomic mass is 32.3. The van der Waals surface area contributed by atoms with Gasteiger partial charge in [-0.25, -0.2) is 0 Å². The highest BCUT2D eigenvalue weighted by Crippen LogP contribution is 2.65. The van der Waals surface area contributed by atoms with Crippen molar-refractivity contribution in [1.29, 1.82) is 0 Å². The van der Waals surface area contributed by atoms with Crippen LogP contribution in [0.3, 0.4) is 0 Å². The summed E-state index contributed by atoms with van der Waals surface area (Å²) in [4.78, 5) is 2.70. The average Bonchev–Trinajstić information content (AvgIpc) is 3.70. The zero-order chi connectivity index (χ0) is 24.2. The maximum absolute atomic E-state index is 2.53. The molecule has 0 bridgehead atoms. The first-order chi connectivity index (χ1) is 17.2. The number of nitrogens with zero attached hydrogens (tertiary/aromatic N) is 1. The van der Waals surface area contributed by atoms with Crippen molar-refractivity contribution in [2.45, 2.75) is 13.0 Å². The Morgan fingerprint density at radius 2 is 1.14 bits per heavy atom. The monoisotopic (exact) mass is 645 g/mol. The van der Waals surface area contributed by atoms with Gasteiger partial charge in [0, 0.05) is 12.3 Å². The summed E-state index contributed by atoms with van der Waals surface area (Å²) in [6, 6.07) is 13.4. The molecule has 2 aliphatic rings. The highest BCUT2D eigenvalue weighted by molar-refractivity contribution is 8.44. The molecule has 2 aliphatic heterocycles. The van der Waals surface area contributed by atoms with E-state index in [0.29, 0.717) is 0 Å². The SMILES string of the molecule is CSC1=C(SC)SC(=C2SC(SC)=C(SCCCn3c(-c4cccs4)ccc3-c3cccs3)S2)S1. The Bertz CT molecular complexity index is 1180. The van der Waals surface area contributed by atoms with Gasteiger partial charge in [0.1, 0.15) is 0 Å². The molecule has 0 atom stereocenters. The Balaban J connectivity index is 1.24. The molecule has 0 aliphatic carbocycles. The van der Waals surface area contributed by atoms with Gasteiger partial charge < -0.3 is 4.57 Å². The summed E-state index contributed by atoms with van der Waals surface area (Å²) >= 11 is 19.2. The normalized spacial score (nSPS) is 16.4. The molecule has 1 nitrogen and oxygen atoms in total. The van der Waals surface area contributed by atoms with E-state index >= 15 is 0 Å². The van der Waals surface area contributed by atoms with E-state index in [2.05, 4.69) is 70.5 Å².